The van der Waals surface area contributed by atoms with Crippen LogP contribution in [0.15, 0.2) is 0 Å². The third-order valence-electron chi connectivity index (χ3n) is 2.49. The number of hydrogen-bond acceptors (Lipinski definition) is 7. The summed E-state index contributed by atoms with van der Waals surface area (Å²) in [5.41, 5.74) is 5.69. The Kier molecular flexibility index (Phi) is 3.17. The van der Waals surface area contributed by atoms with Crippen molar-refractivity contribution in [2.75, 3.05) is 30.3 Å². The summed E-state index contributed by atoms with van der Waals surface area (Å²) in [6.07, 6.45) is -1.45. The zero-order chi connectivity index (χ0) is 11.7. The highest BCUT2D eigenvalue weighted by Crippen LogP contribution is 2.39. The third-order valence-corrected chi connectivity index (χ3v) is 3.40. The van der Waals surface area contributed by atoms with E-state index in [4.69, 9.17) is 10.5 Å². The lowest BCUT2D eigenvalue weighted by Gasteiger charge is -2.16. The second-order valence-corrected chi connectivity index (χ2v) is 4.43. The molecule has 1 saturated heterocycles. The van der Waals surface area contributed by atoms with E-state index >= 15 is 0 Å². The minimum atomic E-state index is -0.724. The maximum absolute atomic E-state index is 9.48. The number of anilines is 2. The van der Waals surface area contributed by atoms with Gasteiger partial charge in [0.1, 0.15) is 0 Å². The average molecular weight is 245 g/mol. The molecule has 2 atom stereocenters. The summed E-state index contributed by atoms with van der Waals surface area (Å²) >= 11 is 1.22. The summed E-state index contributed by atoms with van der Waals surface area (Å²) in [5, 5.41) is 19.7. The Labute approximate surface area is 97.4 Å². The number of rotatable bonds is 3. The molecule has 1 fully saturated rings. The summed E-state index contributed by atoms with van der Waals surface area (Å²) < 4.78 is 9.43. The lowest BCUT2D eigenvalue weighted by Crippen LogP contribution is -2.22. The molecule has 1 aliphatic rings. The first-order valence-electron chi connectivity index (χ1n) is 5.12. The molecule has 0 aliphatic carbocycles. The van der Waals surface area contributed by atoms with Crippen LogP contribution in [0.4, 0.5) is 10.8 Å². The Balaban J connectivity index is 2.21. The summed E-state index contributed by atoms with van der Waals surface area (Å²) in [6.45, 7) is 3.13. The smallest absolute Gasteiger partial charge is 0.197 e. The van der Waals surface area contributed by atoms with Crippen molar-refractivity contribution in [3.63, 3.8) is 0 Å². The Morgan fingerprint density at radius 3 is 2.69 bits per heavy atom. The second kappa shape index (κ2) is 4.44. The fourth-order valence-corrected chi connectivity index (χ4v) is 2.48. The van der Waals surface area contributed by atoms with E-state index in [0.29, 0.717) is 31.3 Å². The summed E-state index contributed by atoms with van der Waals surface area (Å²) in [6, 6.07) is 0. The molecule has 2 heterocycles. The Bertz CT molecular complexity index is 361. The number of β-amino-alcohol motifs (C(OH)–C–C–N with tert-alkyl or cyclic N) is 2. The first-order valence-corrected chi connectivity index (χ1v) is 5.89. The summed E-state index contributed by atoms with van der Waals surface area (Å²) in [4.78, 5) is 1.84. The number of nitrogens with two attached hydrogens (primary N) is 1. The van der Waals surface area contributed by atoms with Crippen molar-refractivity contribution in [1.82, 2.24) is 4.37 Å². The van der Waals surface area contributed by atoms with Gasteiger partial charge in [-0.2, -0.15) is 4.37 Å². The highest BCUT2D eigenvalue weighted by atomic mass is 32.1. The van der Waals surface area contributed by atoms with Crippen LogP contribution in [0.3, 0.4) is 0 Å². The van der Waals surface area contributed by atoms with Crippen LogP contribution in [-0.4, -0.2) is 46.5 Å². The van der Waals surface area contributed by atoms with Crippen LogP contribution in [0.2, 0.25) is 0 Å². The van der Waals surface area contributed by atoms with E-state index in [1.54, 1.807) is 0 Å². The molecule has 2 unspecified atom stereocenters. The van der Waals surface area contributed by atoms with Gasteiger partial charge in [0.15, 0.2) is 16.6 Å². The van der Waals surface area contributed by atoms with Crippen molar-refractivity contribution in [3.8, 4) is 5.75 Å². The molecule has 7 heteroatoms. The molecule has 4 N–H and O–H groups in total. The molecule has 0 aromatic carbocycles. The number of nitrogens with zero attached hydrogens (tertiary/aromatic N) is 2. The number of ether oxygens (including phenoxy) is 1. The number of aliphatic hydroxyl groups excluding tert-OH is 2. The Morgan fingerprint density at radius 2 is 2.12 bits per heavy atom. The molecule has 0 radical (unpaired) electrons. The zero-order valence-electron chi connectivity index (χ0n) is 8.96. The largest absolute Gasteiger partial charge is 0.487 e. The molecule has 16 heavy (non-hydrogen) atoms. The van der Waals surface area contributed by atoms with Crippen molar-refractivity contribution in [2.45, 2.75) is 19.1 Å². The zero-order valence-corrected chi connectivity index (χ0v) is 9.78. The van der Waals surface area contributed by atoms with Gasteiger partial charge < -0.3 is 25.6 Å². The topological polar surface area (TPSA) is 91.8 Å². The molecule has 1 aromatic heterocycles. The van der Waals surface area contributed by atoms with Gasteiger partial charge in [0.25, 0.3) is 0 Å². The van der Waals surface area contributed by atoms with Gasteiger partial charge in [-0.3, -0.25) is 0 Å². The van der Waals surface area contributed by atoms with Crippen LogP contribution < -0.4 is 15.4 Å². The standard InChI is InChI=1S/C9H15N3O3S/c1-2-15-7-8(10)11-16-9(7)12-3-5(13)6(14)4-12/h5-6,13-14H,2-4H2,1H3,(H2,10,11). The normalized spacial score (nSPS) is 25.1. The minimum absolute atomic E-state index is 0.359. The number of hydrogen-bond donors (Lipinski definition) is 3. The van der Waals surface area contributed by atoms with Crippen LogP contribution in [0.1, 0.15) is 6.92 Å². The van der Waals surface area contributed by atoms with E-state index in [1.165, 1.54) is 11.5 Å². The van der Waals surface area contributed by atoms with Crippen molar-refractivity contribution >= 4 is 22.4 Å². The first kappa shape index (κ1) is 11.4. The molecular formula is C9H15N3O3S. The summed E-state index contributed by atoms with van der Waals surface area (Å²) in [5.74, 6) is 0.909. The van der Waals surface area contributed by atoms with E-state index in [-0.39, 0.29) is 0 Å². The Morgan fingerprint density at radius 1 is 1.50 bits per heavy atom. The number of aliphatic hydroxyl groups is 2. The fourth-order valence-electron chi connectivity index (χ4n) is 1.70. The van der Waals surface area contributed by atoms with E-state index in [0.717, 1.165) is 5.00 Å². The molecule has 2 rings (SSSR count). The van der Waals surface area contributed by atoms with Crippen LogP contribution in [0.25, 0.3) is 0 Å². The second-order valence-electron chi connectivity index (χ2n) is 3.67. The lowest BCUT2D eigenvalue weighted by molar-refractivity contribution is 0.0572. The Hall–Kier alpha value is -1.05. The number of aromatic nitrogens is 1. The van der Waals surface area contributed by atoms with Crippen LogP contribution >= 0.6 is 11.5 Å². The van der Waals surface area contributed by atoms with E-state index < -0.39 is 12.2 Å². The van der Waals surface area contributed by atoms with Gasteiger partial charge in [-0.05, 0) is 18.5 Å². The van der Waals surface area contributed by atoms with Gasteiger partial charge in [-0.25, -0.2) is 0 Å². The van der Waals surface area contributed by atoms with Crippen molar-refractivity contribution in [2.24, 2.45) is 0 Å². The summed E-state index contributed by atoms with van der Waals surface area (Å²) in [7, 11) is 0. The maximum atomic E-state index is 9.48. The van der Waals surface area contributed by atoms with E-state index in [9.17, 15) is 10.2 Å². The van der Waals surface area contributed by atoms with Gasteiger partial charge in [0, 0.05) is 13.1 Å². The van der Waals surface area contributed by atoms with Gasteiger partial charge >= 0.3 is 0 Å². The third kappa shape index (κ3) is 1.93. The quantitative estimate of drug-likeness (QED) is 0.675. The minimum Gasteiger partial charge on any atom is -0.487 e. The molecule has 0 saturated carbocycles. The SMILES string of the molecule is CCOc1c(N)nsc1N1CC(O)C(O)C1. The molecule has 1 aromatic rings. The van der Waals surface area contributed by atoms with E-state index in [2.05, 4.69) is 4.37 Å². The van der Waals surface area contributed by atoms with Crippen LogP contribution in [-0.2, 0) is 0 Å². The molecule has 0 spiro atoms. The molecular weight excluding hydrogens is 230 g/mol. The molecule has 0 bridgehead atoms. The predicted molar refractivity (Wildman–Crippen MR) is 61.9 cm³/mol. The highest BCUT2D eigenvalue weighted by molar-refractivity contribution is 7.11. The highest BCUT2D eigenvalue weighted by Gasteiger charge is 2.32. The van der Waals surface area contributed by atoms with Crippen LogP contribution in [0, 0.1) is 0 Å². The number of nitrogen functional groups attached to an aromatic ring is 1. The maximum Gasteiger partial charge on any atom is 0.197 e. The lowest BCUT2D eigenvalue weighted by atomic mass is 10.3. The fraction of sp³-hybridized carbons (Fsp3) is 0.667. The van der Waals surface area contributed by atoms with Gasteiger partial charge in [-0.15, -0.1) is 0 Å². The van der Waals surface area contributed by atoms with Crippen molar-refractivity contribution in [1.29, 1.82) is 0 Å². The molecule has 90 valence electrons. The van der Waals surface area contributed by atoms with E-state index in [1.807, 2.05) is 11.8 Å². The predicted octanol–water partition coefficient (Wildman–Crippen LogP) is -0.334. The van der Waals surface area contributed by atoms with Crippen LogP contribution in [0.5, 0.6) is 5.75 Å². The molecule has 6 nitrogen and oxygen atoms in total. The van der Waals surface area contributed by atoms with Crippen molar-refractivity contribution < 1.29 is 14.9 Å². The molecule has 1 aliphatic heterocycles. The monoisotopic (exact) mass is 245 g/mol. The van der Waals surface area contributed by atoms with Gasteiger partial charge in [0.05, 0.1) is 18.8 Å². The van der Waals surface area contributed by atoms with Gasteiger partial charge in [0.2, 0.25) is 0 Å². The van der Waals surface area contributed by atoms with Gasteiger partial charge in [-0.1, -0.05) is 0 Å². The molecule has 0 amide bonds. The average Bonchev–Trinajstić information content (AvgIpc) is 2.74. The first-order chi connectivity index (χ1) is 7.63. The van der Waals surface area contributed by atoms with Crippen molar-refractivity contribution in [3.05, 3.63) is 0 Å².